The van der Waals surface area contributed by atoms with E-state index in [1.165, 1.54) is 19.1 Å². The average molecular weight is 502 g/mol. The van der Waals surface area contributed by atoms with Crippen LogP contribution in [-0.4, -0.2) is 59.8 Å². The predicted molar refractivity (Wildman–Crippen MR) is 133 cm³/mol. The number of hydrogen-bond acceptors (Lipinski definition) is 6. The third-order valence-electron chi connectivity index (χ3n) is 6.72. The Morgan fingerprint density at radius 3 is 2.71 bits per heavy atom. The number of halogens is 1. The summed E-state index contributed by atoms with van der Waals surface area (Å²) in [4.78, 5) is 44.5. The topological polar surface area (TPSA) is 103 Å². The van der Waals surface area contributed by atoms with Crippen LogP contribution >= 0.6 is 11.3 Å². The van der Waals surface area contributed by atoms with E-state index in [9.17, 15) is 18.8 Å². The van der Waals surface area contributed by atoms with Crippen LogP contribution < -0.4 is 16.0 Å². The van der Waals surface area contributed by atoms with Crippen molar-refractivity contribution in [1.29, 1.82) is 0 Å². The van der Waals surface area contributed by atoms with Crippen LogP contribution in [-0.2, 0) is 11.2 Å². The van der Waals surface area contributed by atoms with Gasteiger partial charge in [0.05, 0.1) is 16.5 Å². The summed E-state index contributed by atoms with van der Waals surface area (Å²) >= 11 is 1.15. The lowest BCUT2D eigenvalue weighted by Gasteiger charge is -2.39. The van der Waals surface area contributed by atoms with Gasteiger partial charge in [-0.3, -0.25) is 14.9 Å². The van der Waals surface area contributed by atoms with Gasteiger partial charge in [-0.05, 0) is 62.8 Å². The largest absolute Gasteiger partial charge is 0.342 e. The van der Waals surface area contributed by atoms with Crippen molar-refractivity contribution in [3.8, 4) is 0 Å². The molecular formula is C25H32FN5O3S. The minimum atomic E-state index is -0.425. The first kappa shape index (κ1) is 25.2. The maximum atomic E-state index is 13.5. The summed E-state index contributed by atoms with van der Waals surface area (Å²) in [6.45, 7) is 5.80. The van der Waals surface area contributed by atoms with Gasteiger partial charge in [0.25, 0.3) is 0 Å². The standard InChI is InChI=1S/C25H32FN5O3S/c1-15-22(16(2)32)35-25(28-15)30-24(34)29-21-9-10-27-13-20(21)23(33)31-11-3-4-18(14-31)12-17-5-7-19(26)8-6-17/h5-8,18,20-21,27H,3-4,9-14H2,1-2H3,(H2,28,29,30,34)/t18?,20-,21-/m1/s1. The van der Waals surface area contributed by atoms with E-state index in [-0.39, 0.29) is 29.5 Å². The molecule has 0 spiro atoms. The highest BCUT2D eigenvalue weighted by molar-refractivity contribution is 7.17. The summed E-state index contributed by atoms with van der Waals surface area (Å²) < 4.78 is 13.2. The molecule has 4 rings (SSSR count). The quantitative estimate of drug-likeness (QED) is 0.527. The second-order valence-corrected chi connectivity index (χ2v) is 10.4. The van der Waals surface area contributed by atoms with Gasteiger partial charge in [0.2, 0.25) is 5.91 Å². The number of piperidine rings is 2. The first-order valence-electron chi connectivity index (χ1n) is 12.1. The zero-order valence-corrected chi connectivity index (χ0v) is 20.9. The number of likely N-dealkylation sites (tertiary alicyclic amines) is 1. The van der Waals surface area contributed by atoms with Crippen LogP contribution in [0.5, 0.6) is 0 Å². The maximum Gasteiger partial charge on any atom is 0.321 e. The van der Waals surface area contributed by atoms with Crippen LogP contribution in [0.25, 0.3) is 0 Å². The first-order valence-corrected chi connectivity index (χ1v) is 12.9. The second kappa shape index (κ2) is 11.3. The Labute approximate surface area is 208 Å². The van der Waals surface area contributed by atoms with Gasteiger partial charge in [0, 0.05) is 32.6 Å². The van der Waals surface area contributed by atoms with Gasteiger partial charge in [-0.2, -0.15) is 0 Å². The molecule has 2 aliphatic rings. The van der Waals surface area contributed by atoms with Gasteiger partial charge in [-0.15, -0.1) is 0 Å². The lowest BCUT2D eigenvalue weighted by molar-refractivity contribution is -0.138. The fraction of sp³-hybridized carbons (Fsp3) is 0.520. The molecule has 1 aromatic carbocycles. The molecule has 3 heterocycles. The molecule has 3 amide bonds. The summed E-state index contributed by atoms with van der Waals surface area (Å²) in [6.07, 6.45) is 3.42. The van der Waals surface area contributed by atoms with Gasteiger partial charge in [-0.25, -0.2) is 14.2 Å². The molecule has 0 aliphatic carbocycles. The zero-order valence-electron chi connectivity index (χ0n) is 20.1. The van der Waals surface area contributed by atoms with Crippen LogP contribution in [0.3, 0.4) is 0 Å². The van der Waals surface area contributed by atoms with E-state index < -0.39 is 6.03 Å². The summed E-state index contributed by atoms with van der Waals surface area (Å²) in [7, 11) is 0. The third kappa shape index (κ3) is 6.43. The van der Waals surface area contributed by atoms with Crippen molar-refractivity contribution in [3.63, 3.8) is 0 Å². The SMILES string of the molecule is CC(=O)c1sc(NC(=O)N[C@@H]2CCNC[C@H]2C(=O)N2CCCC(Cc3ccc(F)cc3)C2)nc1C. The van der Waals surface area contributed by atoms with Crippen LogP contribution in [0.15, 0.2) is 24.3 Å². The van der Waals surface area contributed by atoms with Gasteiger partial charge in [0.1, 0.15) is 5.82 Å². The minimum Gasteiger partial charge on any atom is -0.342 e. The molecule has 2 fully saturated rings. The summed E-state index contributed by atoms with van der Waals surface area (Å²) in [6, 6.07) is 5.85. The Morgan fingerprint density at radius 1 is 1.23 bits per heavy atom. The van der Waals surface area contributed by atoms with E-state index in [0.29, 0.717) is 54.2 Å². The van der Waals surface area contributed by atoms with Crippen LogP contribution in [0, 0.1) is 24.6 Å². The molecular weight excluding hydrogens is 469 g/mol. The van der Waals surface area contributed by atoms with Gasteiger partial charge in [0.15, 0.2) is 10.9 Å². The van der Waals surface area contributed by atoms with Crippen LogP contribution in [0.1, 0.15) is 47.1 Å². The molecule has 10 heteroatoms. The smallest absolute Gasteiger partial charge is 0.321 e. The number of Topliss-reactive ketones (excluding diaryl/α,β-unsaturated/α-hetero) is 1. The second-order valence-electron chi connectivity index (χ2n) is 9.42. The Morgan fingerprint density at radius 2 is 2.00 bits per heavy atom. The molecule has 188 valence electrons. The number of ketones is 1. The number of carbonyl (C=O) groups excluding carboxylic acids is 3. The van der Waals surface area contributed by atoms with E-state index in [2.05, 4.69) is 20.9 Å². The Hall–Kier alpha value is -2.85. The van der Waals surface area contributed by atoms with E-state index >= 15 is 0 Å². The molecule has 3 atom stereocenters. The van der Waals surface area contributed by atoms with Crippen LogP contribution in [0.4, 0.5) is 14.3 Å². The fourth-order valence-corrected chi connectivity index (χ4v) is 5.85. The minimum absolute atomic E-state index is 0.0512. The molecule has 2 aliphatic heterocycles. The Bertz CT molecular complexity index is 1070. The number of hydrogen-bond donors (Lipinski definition) is 3. The summed E-state index contributed by atoms with van der Waals surface area (Å²) in [5, 5.41) is 9.32. The van der Waals surface area contributed by atoms with Crippen LogP contribution in [0.2, 0.25) is 0 Å². The molecule has 2 aromatic rings. The number of urea groups is 1. The average Bonchev–Trinajstić information content (AvgIpc) is 3.20. The molecule has 8 nitrogen and oxygen atoms in total. The molecule has 2 saturated heterocycles. The van der Waals surface area contributed by atoms with Gasteiger partial charge in [-0.1, -0.05) is 23.5 Å². The number of nitrogens with one attached hydrogen (secondary N) is 3. The van der Waals surface area contributed by atoms with Crippen molar-refractivity contribution in [2.45, 2.75) is 45.6 Å². The normalized spacial score (nSPS) is 22.5. The molecule has 1 aromatic heterocycles. The highest BCUT2D eigenvalue weighted by atomic mass is 32.1. The van der Waals surface area contributed by atoms with E-state index in [4.69, 9.17) is 0 Å². The Balaban J connectivity index is 1.36. The monoisotopic (exact) mass is 501 g/mol. The number of carbonyl (C=O) groups is 3. The van der Waals surface area contributed by atoms with E-state index in [1.54, 1.807) is 6.92 Å². The summed E-state index contributed by atoms with van der Waals surface area (Å²) in [5.74, 6) is -0.309. The summed E-state index contributed by atoms with van der Waals surface area (Å²) in [5.41, 5.74) is 1.67. The lowest BCUT2D eigenvalue weighted by atomic mass is 9.88. The van der Waals surface area contributed by atoms with Gasteiger partial charge >= 0.3 is 6.03 Å². The number of aryl methyl sites for hydroxylation is 1. The predicted octanol–water partition coefficient (Wildman–Crippen LogP) is 3.37. The van der Waals surface area contributed by atoms with Crippen molar-refractivity contribution < 1.29 is 18.8 Å². The fourth-order valence-electron chi connectivity index (χ4n) is 4.99. The molecule has 1 unspecified atom stereocenters. The zero-order chi connectivity index (χ0) is 24.9. The highest BCUT2D eigenvalue weighted by Crippen LogP contribution is 2.25. The third-order valence-corrected chi connectivity index (χ3v) is 7.89. The van der Waals surface area contributed by atoms with E-state index in [1.807, 2.05) is 17.0 Å². The molecule has 0 saturated carbocycles. The number of amides is 3. The number of rotatable bonds is 6. The van der Waals surface area contributed by atoms with Crippen molar-refractivity contribution in [1.82, 2.24) is 20.5 Å². The number of anilines is 1. The van der Waals surface area contributed by atoms with Crippen molar-refractivity contribution in [2.75, 3.05) is 31.5 Å². The number of aromatic nitrogens is 1. The number of benzene rings is 1. The van der Waals surface area contributed by atoms with Crippen molar-refractivity contribution >= 4 is 34.2 Å². The molecule has 0 bridgehead atoms. The highest BCUT2D eigenvalue weighted by Gasteiger charge is 2.36. The molecule has 35 heavy (non-hydrogen) atoms. The molecule has 3 N–H and O–H groups in total. The maximum absolute atomic E-state index is 13.5. The number of thiazole rings is 1. The van der Waals surface area contributed by atoms with Crippen molar-refractivity contribution in [3.05, 3.63) is 46.2 Å². The van der Waals surface area contributed by atoms with Crippen molar-refractivity contribution in [2.24, 2.45) is 11.8 Å². The number of nitrogens with zero attached hydrogens (tertiary/aromatic N) is 2. The lowest BCUT2D eigenvalue weighted by Crippen LogP contribution is -2.57. The first-order chi connectivity index (χ1) is 16.8. The Kier molecular flexibility index (Phi) is 8.12. The van der Waals surface area contributed by atoms with E-state index in [0.717, 1.165) is 36.2 Å². The van der Waals surface area contributed by atoms with Gasteiger partial charge < -0.3 is 15.5 Å². The molecule has 0 radical (unpaired) electrons.